The number of rotatable bonds is 5. The lowest BCUT2D eigenvalue weighted by Gasteiger charge is -2.36. The Kier molecular flexibility index (Phi) is 5.07. The van der Waals surface area contributed by atoms with E-state index in [1.807, 2.05) is 12.4 Å². The van der Waals surface area contributed by atoms with E-state index < -0.39 is 0 Å². The molecule has 1 aliphatic carbocycles. The summed E-state index contributed by atoms with van der Waals surface area (Å²) in [6.07, 6.45) is 13.1. The van der Waals surface area contributed by atoms with E-state index in [4.69, 9.17) is 0 Å². The van der Waals surface area contributed by atoms with Crippen LogP contribution >= 0.6 is 11.8 Å². The van der Waals surface area contributed by atoms with Crippen molar-refractivity contribution < 1.29 is 0 Å². The lowest BCUT2D eigenvalue weighted by molar-refractivity contribution is 0.379. The van der Waals surface area contributed by atoms with Crippen molar-refractivity contribution in [3.8, 4) is 0 Å². The summed E-state index contributed by atoms with van der Waals surface area (Å²) in [5.74, 6) is 0. The Bertz CT molecular complexity index is 373. The minimum absolute atomic E-state index is 0.481. The third kappa shape index (κ3) is 3.48. The van der Waals surface area contributed by atoms with Crippen molar-refractivity contribution >= 4 is 11.8 Å². The lowest BCUT2D eigenvalue weighted by Crippen LogP contribution is -2.39. The molecular formula is C15H24N2S. The quantitative estimate of drug-likeness (QED) is 0.880. The van der Waals surface area contributed by atoms with Crippen molar-refractivity contribution in [3.05, 3.63) is 29.6 Å². The lowest BCUT2D eigenvalue weighted by atomic mass is 9.88. The van der Waals surface area contributed by atoms with Crippen LogP contribution in [-0.4, -0.2) is 22.5 Å². The number of hydrogen-bond donors (Lipinski definition) is 1. The molecule has 1 heterocycles. The van der Waals surface area contributed by atoms with Gasteiger partial charge in [-0.25, -0.2) is 0 Å². The fourth-order valence-electron chi connectivity index (χ4n) is 2.76. The van der Waals surface area contributed by atoms with E-state index >= 15 is 0 Å². The van der Waals surface area contributed by atoms with Crippen LogP contribution in [0.15, 0.2) is 18.5 Å². The topological polar surface area (TPSA) is 24.9 Å². The Balaban J connectivity index is 1.85. The highest BCUT2D eigenvalue weighted by Crippen LogP contribution is 2.37. The van der Waals surface area contributed by atoms with Gasteiger partial charge in [0.1, 0.15) is 0 Å². The number of pyridine rings is 1. The Morgan fingerprint density at radius 2 is 2.11 bits per heavy atom. The van der Waals surface area contributed by atoms with E-state index in [-0.39, 0.29) is 0 Å². The summed E-state index contributed by atoms with van der Waals surface area (Å²) in [6, 6.07) is 2.09. The van der Waals surface area contributed by atoms with Gasteiger partial charge in [-0.2, -0.15) is 11.8 Å². The average Bonchev–Trinajstić information content (AvgIpc) is 2.42. The molecule has 1 saturated carbocycles. The summed E-state index contributed by atoms with van der Waals surface area (Å²) in [4.78, 5) is 4.20. The van der Waals surface area contributed by atoms with Crippen molar-refractivity contribution in [3.63, 3.8) is 0 Å². The highest BCUT2D eigenvalue weighted by atomic mass is 32.2. The van der Waals surface area contributed by atoms with Crippen LogP contribution < -0.4 is 5.32 Å². The van der Waals surface area contributed by atoms with Crippen LogP contribution in [0.2, 0.25) is 0 Å². The average molecular weight is 264 g/mol. The van der Waals surface area contributed by atoms with Gasteiger partial charge in [0.25, 0.3) is 0 Å². The fourth-order valence-corrected chi connectivity index (χ4v) is 3.70. The second kappa shape index (κ2) is 6.58. The summed E-state index contributed by atoms with van der Waals surface area (Å²) in [5, 5.41) is 3.64. The normalized spacial score (nSPS) is 18.8. The van der Waals surface area contributed by atoms with Crippen molar-refractivity contribution in [1.82, 2.24) is 10.3 Å². The van der Waals surface area contributed by atoms with Crippen molar-refractivity contribution in [2.24, 2.45) is 0 Å². The fraction of sp³-hybridized carbons (Fsp3) is 0.667. The van der Waals surface area contributed by atoms with Crippen LogP contribution in [0.4, 0.5) is 0 Å². The first-order valence-electron chi connectivity index (χ1n) is 6.91. The van der Waals surface area contributed by atoms with E-state index in [9.17, 15) is 0 Å². The van der Waals surface area contributed by atoms with Crippen LogP contribution in [-0.2, 0) is 6.54 Å². The molecule has 1 aromatic rings. The number of hydrogen-bond acceptors (Lipinski definition) is 3. The van der Waals surface area contributed by atoms with Gasteiger partial charge in [0.15, 0.2) is 0 Å². The Labute approximate surface area is 115 Å². The van der Waals surface area contributed by atoms with Crippen molar-refractivity contribution in [1.29, 1.82) is 0 Å². The monoisotopic (exact) mass is 264 g/mol. The van der Waals surface area contributed by atoms with Crippen LogP contribution in [0, 0.1) is 6.92 Å². The van der Waals surface area contributed by atoms with Gasteiger partial charge in [-0.1, -0.05) is 19.3 Å². The summed E-state index contributed by atoms with van der Waals surface area (Å²) < 4.78 is 0.481. The van der Waals surface area contributed by atoms with Crippen molar-refractivity contribution in [2.75, 3.05) is 12.8 Å². The summed E-state index contributed by atoms with van der Waals surface area (Å²) in [7, 11) is 0. The summed E-state index contributed by atoms with van der Waals surface area (Å²) in [5.41, 5.74) is 2.66. The number of nitrogens with one attached hydrogen (secondary N) is 1. The van der Waals surface area contributed by atoms with Gasteiger partial charge in [-0.3, -0.25) is 4.98 Å². The van der Waals surface area contributed by atoms with E-state index in [2.05, 4.69) is 41.3 Å². The molecule has 18 heavy (non-hydrogen) atoms. The molecule has 1 N–H and O–H groups in total. The third-order valence-corrected chi connectivity index (χ3v) is 5.53. The van der Waals surface area contributed by atoms with Crippen LogP contribution in [0.5, 0.6) is 0 Å². The minimum Gasteiger partial charge on any atom is -0.311 e. The Hall–Kier alpha value is -0.540. The van der Waals surface area contributed by atoms with E-state index in [1.165, 1.54) is 43.2 Å². The van der Waals surface area contributed by atoms with Crippen molar-refractivity contribution in [2.45, 2.75) is 50.3 Å². The van der Waals surface area contributed by atoms with Gasteiger partial charge in [0, 0.05) is 30.2 Å². The van der Waals surface area contributed by atoms with Gasteiger partial charge < -0.3 is 5.32 Å². The van der Waals surface area contributed by atoms with Gasteiger partial charge >= 0.3 is 0 Å². The molecule has 1 fully saturated rings. The molecule has 0 saturated heterocycles. The number of aryl methyl sites for hydroxylation is 1. The smallest absolute Gasteiger partial charge is 0.0315 e. The molecule has 0 radical (unpaired) electrons. The third-order valence-electron chi connectivity index (χ3n) is 4.11. The molecular weight excluding hydrogens is 240 g/mol. The first-order chi connectivity index (χ1) is 8.76. The Morgan fingerprint density at radius 3 is 2.78 bits per heavy atom. The Morgan fingerprint density at radius 1 is 1.33 bits per heavy atom. The zero-order valence-corrected chi connectivity index (χ0v) is 12.4. The van der Waals surface area contributed by atoms with Crippen LogP contribution in [0.25, 0.3) is 0 Å². The van der Waals surface area contributed by atoms with Gasteiger partial charge in [0.05, 0.1) is 0 Å². The van der Waals surface area contributed by atoms with Gasteiger partial charge in [0.2, 0.25) is 0 Å². The van der Waals surface area contributed by atoms with E-state index in [1.54, 1.807) is 0 Å². The molecule has 0 spiro atoms. The largest absolute Gasteiger partial charge is 0.311 e. The second-order valence-corrected chi connectivity index (χ2v) is 6.63. The predicted octanol–water partition coefficient (Wildman–Crippen LogP) is 3.55. The summed E-state index contributed by atoms with van der Waals surface area (Å²) in [6.45, 7) is 4.23. The van der Waals surface area contributed by atoms with E-state index in [0.29, 0.717) is 4.75 Å². The molecule has 0 unspecified atom stereocenters. The molecule has 0 aromatic carbocycles. The molecule has 2 rings (SSSR count). The number of aromatic nitrogens is 1. The number of thioether (sulfide) groups is 1. The molecule has 3 heteroatoms. The molecule has 100 valence electrons. The maximum atomic E-state index is 4.20. The van der Waals surface area contributed by atoms with Gasteiger partial charge in [-0.05, 0) is 43.2 Å². The minimum atomic E-state index is 0.481. The van der Waals surface area contributed by atoms with Crippen LogP contribution in [0.1, 0.15) is 43.2 Å². The summed E-state index contributed by atoms with van der Waals surface area (Å²) >= 11 is 2.05. The van der Waals surface area contributed by atoms with Gasteiger partial charge in [-0.15, -0.1) is 0 Å². The molecule has 0 bridgehead atoms. The zero-order chi connectivity index (χ0) is 12.8. The molecule has 1 aliphatic rings. The highest BCUT2D eigenvalue weighted by molar-refractivity contribution is 8.00. The maximum absolute atomic E-state index is 4.20. The standard InChI is InChI=1S/C15H24N2S/c1-13-6-9-16-10-14(13)11-17-12-15(18-2)7-4-3-5-8-15/h6,9-10,17H,3-5,7-8,11-12H2,1-2H3. The van der Waals surface area contributed by atoms with E-state index in [0.717, 1.165) is 13.1 Å². The molecule has 0 atom stereocenters. The predicted molar refractivity (Wildman–Crippen MR) is 80.0 cm³/mol. The first kappa shape index (κ1) is 13.9. The zero-order valence-electron chi connectivity index (χ0n) is 11.5. The molecule has 2 nitrogen and oxygen atoms in total. The second-order valence-electron chi connectivity index (χ2n) is 5.35. The molecule has 1 aromatic heterocycles. The highest BCUT2D eigenvalue weighted by Gasteiger charge is 2.30. The molecule has 0 amide bonds. The maximum Gasteiger partial charge on any atom is 0.0315 e. The molecule has 0 aliphatic heterocycles. The van der Waals surface area contributed by atoms with Crippen LogP contribution in [0.3, 0.4) is 0 Å². The number of nitrogens with zero attached hydrogens (tertiary/aromatic N) is 1. The SMILES string of the molecule is CSC1(CNCc2cnccc2C)CCCCC1. The first-order valence-corrected chi connectivity index (χ1v) is 8.14.